The maximum absolute atomic E-state index is 12.3. The molecular formula is C22H26N2O4. The molecule has 0 saturated heterocycles. The minimum atomic E-state index is -0.391. The van der Waals surface area contributed by atoms with E-state index in [9.17, 15) is 9.59 Å². The molecule has 3 N–H and O–H groups in total. The first kappa shape index (κ1) is 19.7. The van der Waals surface area contributed by atoms with Gasteiger partial charge in [-0.1, -0.05) is 19.1 Å². The molecule has 1 fully saturated rings. The molecule has 148 valence electrons. The smallest absolute Gasteiger partial charge is 0.338 e. The molecule has 1 aliphatic rings. The number of benzene rings is 2. The van der Waals surface area contributed by atoms with Gasteiger partial charge in [0.1, 0.15) is 11.9 Å². The molecule has 0 atom stereocenters. The quantitative estimate of drug-likeness (QED) is 0.559. The van der Waals surface area contributed by atoms with Crippen LogP contribution in [0.2, 0.25) is 0 Å². The molecule has 1 aliphatic carbocycles. The van der Waals surface area contributed by atoms with Gasteiger partial charge in [-0.25, -0.2) is 4.79 Å². The summed E-state index contributed by atoms with van der Waals surface area (Å²) in [5, 5.41) is 2.77. The van der Waals surface area contributed by atoms with Crippen LogP contribution in [-0.4, -0.2) is 24.6 Å². The molecule has 6 nitrogen and oxygen atoms in total. The first-order valence-electron chi connectivity index (χ1n) is 9.67. The molecule has 0 aromatic heterocycles. The Morgan fingerprint density at radius 1 is 1.11 bits per heavy atom. The molecular weight excluding hydrogens is 356 g/mol. The molecule has 0 unspecified atom stereocenters. The third-order valence-corrected chi connectivity index (χ3v) is 4.83. The predicted molar refractivity (Wildman–Crippen MR) is 108 cm³/mol. The van der Waals surface area contributed by atoms with Crippen molar-refractivity contribution in [2.24, 2.45) is 0 Å². The van der Waals surface area contributed by atoms with E-state index in [1.54, 1.807) is 12.1 Å². The van der Waals surface area contributed by atoms with E-state index in [0.29, 0.717) is 16.9 Å². The number of ether oxygens (including phenoxy) is 2. The number of esters is 1. The van der Waals surface area contributed by atoms with Crippen LogP contribution in [0.4, 0.5) is 11.4 Å². The van der Waals surface area contributed by atoms with Crippen LogP contribution in [0, 0.1) is 0 Å². The van der Waals surface area contributed by atoms with E-state index in [-0.39, 0.29) is 24.4 Å². The van der Waals surface area contributed by atoms with Gasteiger partial charge >= 0.3 is 5.97 Å². The molecule has 0 spiro atoms. The number of carbonyl (C=O) groups excluding carboxylic acids is 2. The van der Waals surface area contributed by atoms with Crippen LogP contribution in [0.25, 0.3) is 0 Å². The van der Waals surface area contributed by atoms with Gasteiger partial charge in [0.2, 0.25) is 0 Å². The highest BCUT2D eigenvalue weighted by Crippen LogP contribution is 2.26. The van der Waals surface area contributed by atoms with Crippen LogP contribution in [0.3, 0.4) is 0 Å². The zero-order valence-electron chi connectivity index (χ0n) is 16.1. The van der Waals surface area contributed by atoms with Crippen molar-refractivity contribution in [3.05, 3.63) is 53.6 Å². The van der Waals surface area contributed by atoms with Crippen molar-refractivity contribution in [1.82, 2.24) is 0 Å². The Hall–Kier alpha value is -3.02. The predicted octanol–water partition coefficient (Wildman–Crippen LogP) is 3.95. The van der Waals surface area contributed by atoms with Gasteiger partial charge in [0.05, 0.1) is 11.3 Å². The van der Waals surface area contributed by atoms with E-state index >= 15 is 0 Å². The Balaban J connectivity index is 1.56. The van der Waals surface area contributed by atoms with Crippen molar-refractivity contribution >= 4 is 23.3 Å². The maximum atomic E-state index is 12.3. The molecule has 1 amide bonds. The standard InChI is InChI=1S/C22H26N2O4/c1-2-15-7-10-17(11-8-15)24-21(25)14-27-20-13-16(9-12-19(20)23)22(26)28-18-5-3-4-6-18/h7-13,18H,2-6,14,23H2,1H3,(H,24,25). The lowest BCUT2D eigenvalue weighted by molar-refractivity contribution is -0.118. The molecule has 6 heteroatoms. The fourth-order valence-corrected chi connectivity index (χ4v) is 3.18. The van der Waals surface area contributed by atoms with Crippen LogP contribution in [0.15, 0.2) is 42.5 Å². The molecule has 0 radical (unpaired) electrons. The number of aryl methyl sites for hydroxylation is 1. The Labute approximate surface area is 165 Å². The first-order valence-corrected chi connectivity index (χ1v) is 9.67. The second-order valence-corrected chi connectivity index (χ2v) is 6.95. The van der Waals surface area contributed by atoms with Crippen molar-refractivity contribution < 1.29 is 19.1 Å². The lowest BCUT2D eigenvalue weighted by Gasteiger charge is -2.13. The Bertz CT molecular complexity index is 827. The fraction of sp³-hybridized carbons (Fsp3) is 0.364. The third kappa shape index (κ3) is 5.25. The second kappa shape index (κ2) is 9.26. The van der Waals surface area contributed by atoms with E-state index in [0.717, 1.165) is 32.1 Å². The molecule has 28 heavy (non-hydrogen) atoms. The van der Waals surface area contributed by atoms with Crippen molar-refractivity contribution in [3.63, 3.8) is 0 Å². The Morgan fingerprint density at radius 2 is 1.82 bits per heavy atom. The van der Waals surface area contributed by atoms with Gasteiger partial charge in [0.15, 0.2) is 6.61 Å². The van der Waals surface area contributed by atoms with Gasteiger partial charge in [0, 0.05) is 5.69 Å². The van der Waals surface area contributed by atoms with Gasteiger partial charge in [-0.3, -0.25) is 4.79 Å². The monoisotopic (exact) mass is 382 g/mol. The van der Waals surface area contributed by atoms with Crippen molar-refractivity contribution in [1.29, 1.82) is 0 Å². The van der Waals surface area contributed by atoms with Crippen LogP contribution < -0.4 is 15.8 Å². The van der Waals surface area contributed by atoms with Gasteiger partial charge in [-0.05, 0) is 68.0 Å². The summed E-state index contributed by atoms with van der Waals surface area (Å²) in [6, 6.07) is 12.4. The number of anilines is 2. The minimum absolute atomic E-state index is 0.0145. The summed E-state index contributed by atoms with van der Waals surface area (Å²) in [6.07, 6.45) is 4.91. The highest BCUT2D eigenvalue weighted by atomic mass is 16.5. The number of nitrogens with two attached hydrogens (primary N) is 1. The largest absolute Gasteiger partial charge is 0.482 e. The lowest BCUT2D eigenvalue weighted by atomic mass is 10.1. The lowest BCUT2D eigenvalue weighted by Crippen LogP contribution is -2.20. The van der Waals surface area contributed by atoms with Crippen LogP contribution in [-0.2, 0) is 16.0 Å². The Morgan fingerprint density at radius 3 is 2.50 bits per heavy atom. The summed E-state index contributed by atoms with van der Waals surface area (Å²) in [5.74, 6) is -0.405. The number of amides is 1. The summed E-state index contributed by atoms with van der Waals surface area (Å²) >= 11 is 0. The molecule has 3 rings (SSSR count). The van der Waals surface area contributed by atoms with Crippen molar-refractivity contribution in [2.45, 2.75) is 45.1 Å². The second-order valence-electron chi connectivity index (χ2n) is 6.95. The summed E-state index contributed by atoms with van der Waals surface area (Å²) in [7, 11) is 0. The van der Waals surface area contributed by atoms with Gasteiger partial charge in [-0.2, -0.15) is 0 Å². The van der Waals surface area contributed by atoms with Crippen LogP contribution in [0.1, 0.15) is 48.5 Å². The molecule has 0 aliphatic heterocycles. The first-order chi connectivity index (χ1) is 13.5. The minimum Gasteiger partial charge on any atom is -0.482 e. The number of hydrogen-bond donors (Lipinski definition) is 2. The molecule has 2 aromatic rings. The fourth-order valence-electron chi connectivity index (χ4n) is 3.18. The average Bonchev–Trinajstić information content (AvgIpc) is 3.21. The molecule has 0 bridgehead atoms. The van der Waals surface area contributed by atoms with E-state index in [4.69, 9.17) is 15.2 Å². The number of nitrogen functional groups attached to an aromatic ring is 1. The van der Waals surface area contributed by atoms with Crippen LogP contribution in [0.5, 0.6) is 5.75 Å². The zero-order chi connectivity index (χ0) is 19.9. The normalized spacial score (nSPS) is 13.9. The van der Waals surface area contributed by atoms with Gasteiger partial charge in [0.25, 0.3) is 5.91 Å². The molecule has 2 aromatic carbocycles. The van der Waals surface area contributed by atoms with Crippen molar-refractivity contribution in [3.8, 4) is 5.75 Å². The molecule has 1 saturated carbocycles. The topological polar surface area (TPSA) is 90.6 Å². The maximum Gasteiger partial charge on any atom is 0.338 e. The average molecular weight is 382 g/mol. The summed E-state index contributed by atoms with van der Waals surface area (Å²) in [4.78, 5) is 24.4. The van der Waals surface area contributed by atoms with E-state index in [1.165, 1.54) is 11.6 Å². The van der Waals surface area contributed by atoms with E-state index in [1.807, 2.05) is 24.3 Å². The van der Waals surface area contributed by atoms with Gasteiger partial charge in [-0.15, -0.1) is 0 Å². The zero-order valence-corrected chi connectivity index (χ0v) is 16.1. The van der Waals surface area contributed by atoms with Gasteiger partial charge < -0.3 is 20.5 Å². The Kier molecular flexibility index (Phi) is 6.53. The summed E-state index contributed by atoms with van der Waals surface area (Å²) in [6.45, 7) is 1.87. The summed E-state index contributed by atoms with van der Waals surface area (Å²) < 4.78 is 11.0. The molecule has 0 heterocycles. The van der Waals surface area contributed by atoms with E-state index < -0.39 is 5.97 Å². The summed E-state index contributed by atoms with van der Waals surface area (Å²) in [5.41, 5.74) is 8.54. The number of hydrogen-bond acceptors (Lipinski definition) is 5. The highest BCUT2D eigenvalue weighted by Gasteiger charge is 2.21. The number of carbonyl (C=O) groups is 2. The van der Waals surface area contributed by atoms with E-state index in [2.05, 4.69) is 12.2 Å². The SMILES string of the molecule is CCc1ccc(NC(=O)COc2cc(C(=O)OC3CCCC3)ccc2N)cc1. The highest BCUT2D eigenvalue weighted by molar-refractivity contribution is 5.92. The van der Waals surface area contributed by atoms with Crippen LogP contribution >= 0.6 is 0 Å². The van der Waals surface area contributed by atoms with Crippen molar-refractivity contribution in [2.75, 3.05) is 17.7 Å². The number of nitrogens with one attached hydrogen (secondary N) is 1. The number of rotatable bonds is 7. The third-order valence-electron chi connectivity index (χ3n) is 4.83.